The van der Waals surface area contributed by atoms with Crippen LogP contribution in [-0.4, -0.2) is 27.5 Å². The molecule has 166 valence electrons. The molecule has 0 heterocycles. The molecule has 0 bridgehead atoms. The van der Waals surface area contributed by atoms with Crippen LogP contribution >= 0.6 is 23.2 Å². The van der Waals surface area contributed by atoms with Crippen LogP contribution < -0.4 is 14.4 Å². The fraction of sp³-hybridized carbons (Fsp3) is 0.0870. The smallest absolute Gasteiger partial charge is 0.264 e. The minimum Gasteiger partial charge on any atom is -0.489 e. The maximum atomic E-state index is 13.4. The summed E-state index contributed by atoms with van der Waals surface area (Å²) in [7, 11) is -4.11. The van der Waals surface area contributed by atoms with E-state index in [4.69, 9.17) is 27.9 Å². The van der Waals surface area contributed by atoms with Crippen LogP contribution in [0.4, 0.5) is 11.4 Å². The van der Waals surface area contributed by atoms with E-state index in [1.54, 1.807) is 54.6 Å². The summed E-state index contributed by atoms with van der Waals surface area (Å²) in [6, 6.07) is 19.1. The van der Waals surface area contributed by atoms with Crippen molar-refractivity contribution in [3.63, 3.8) is 0 Å². The first-order valence-electron chi connectivity index (χ1n) is 9.48. The van der Waals surface area contributed by atoms with E-state index >= 15 is 0 Å². The third kappa shape index (κ3) is 5.62. The molecular weight excluding hydrogens is 471 g/mol. The van der Waals surface area contributed by atoms with Gasteiger partial charge in [0.1, 0.15) is 18.9 Å². The monoisotopic (exact) mass is 490 g/mol. The maximum absolute atomic E-state index is 13.4. The van der Waals surface area contributed by atoms with Crippen molar-refractivity contribution in [1.29, 1.82) is 0 Å². The van der Waals surface area contributed by atoms with Crippen molar-refractivity contribution in [2.24, 2.45) is 0 Å². The molecule has 9 heteroatoms. The van der Waals surface area contributed by atoms with E-state index < -0.39 is 22.5 Å². The summed E-state index contributed by atoms with van der Waals surface area (Å²) in [6.07, 6.45) is 1.60. The summed E-state index contributed by atoms with van der Waals surface area (Å²) < 4.78 is 33.1. The number of hydrogen-bond acceptors (Lipinski definition) is 4. The Labute approximate surface area is 197 Å². The van der Waals surface area contributed by atoms with Crippen LogP contribution in [-0.2, 0) is 14.8 Å². The second kappa shape index (κ2) is 10.5. The molecule has 0 radical (unpaired) electrons. The number of amides is 1. The second-order valence-corrected chi connectivity index (χ2v) is 9.22. The van der Waals surface area contributed by atoms with Crippen LogP contribution in [0.2, 0.25) is 10.0 Å². The highest BCUT2D eigenvalue weighted by Crippen LogP contribution is 2.35. The summed E-state index contributed by atoms with van der Waals surface area (Å²) in [6.45, 7) is 3.39. The van der Waals surface area contributed by atoms with Crippen molar-refractivity contribution in [3.05, 3.63) is 95.5 Å². The number of sulfonamides is 1. The van der Waals surface area contributed by atoms with Gasteiger partial charge in [-0.3, -0.25) is 9.10 Å². The van der Waals surface area contributed by atoms with Crippen LogP contribution in [0.3, 0.4) is 0 Å². The fourth-order valence-electron chi connectivity index (χ4n) is 2.85. The van der Waals surface area contributed by atoms with E-state index in [0.717, 1.165) is 4.31 Å². The van der Waals surface area contributed by atoms with Crippen LogP contribution in [0.5, 0.6) is 5.75 Å². The molecule has 0 aromatic heterocycles. The Balaban J connectivity index is 1.92. The lowest BCUT2D eigenvalue weighted by Crippen LogP contribution is -2.38. The minimum absolute atomic E-state index is 0.0173. The Morgan fingerprint density at radius 3 is 2.47 bits per heavy atom. The number of carbonyl (C=O) groups is 1. The zero-order valence-corrected chi connectivity index (χ0v) is 19.2. The molecule has 0 spiro atoms. The molecule has 0 saturated heterocycles. The van der Waals surface area contributed by atoms with Crippen molar-refractivity contribution in [1.82, 2.24) is 0 Å². The highest BCUT2D eigenvalue weighted by molar-refractivity contribution is 7.92. The number of nitrogens with one attached hydrogen (secondary N) is 1. The van der Waals surface area contributed by atoms with Crippen LogP contribution in [0.1, 0.15) is 0 Å². The lowest BCUT2D eigenvalue weighted by Gasteiger charge is -2.25. The lowest BCUT2D eigenvalue weighted by atomic mass is 10.3. The quantitative estimate of drug-likeness (QED) is 0.407. The molecule has 0 aliphatic heterocycles. The first kappa shape index (κ1) is 23.7. The molecule has 3 aromatic carbocycles. The molecule has 32 heavy (non-hydrogen) atoms. The normalized spacial score (nSPS) is 10.9. The average molecular weight is 491 g/mol. The van der Waals surface area contributed by atoms with Gasteiger partial charge in [0.05, 0.1) is 20.6 Å². The molecule has 3 rings (SSSR count). The summed E-state index contributed by atoms with van der Waals surface area (Å²) in [5.74, 6) is -0.0317. The van der Waals surface area contributed by atoms with E-state index in [0.29, 0.717) is 18.0 Å². The van der Waals surface area contributed by atoms with Gasteiger partial charge in [0.2, 0.25) is 5.91 Å². The van der Waals surface area contributed by atoms with Gasteiger partial charge in [-0.05, 0) is 36.4 Å². The van der Waals surface area contributed by atoms with E-state index in [9.17, 15) is 13.2 Å². The molecule has 0 aliphatic rings. The zero-order chi connectivity index (χ0) is 23.1. The molecular formula is C23H20Cl2N2O4S. The van der Waals surface area contributed by atoms with Gasteiger partial charge >= 0.3 is 0 Å². The highest BCUT2D eigenvalue weighted by Gasteiger charge is 2.29. The topological polar surface area (TPSA) is 75.7 Å². The number of hydrogen-bond donors (Lipinski definition) is 1. The first-order valence-corrected chi connectivity index (χ1v) is 11.7. The predicted octanol–water partition coefficient (Wildman–Crippen LogP) is 5.39. The molecule has 1 amide bonds. The Bertz CT molecular complexity index is 1220. The van der Waals surface area contributed by atoms with Gasteiger partial charge in [0, 0.05) is 11.8 Å². The Morgan fingerprint density at radius 1 is 1.03 bits per heavy atom. The van der Waals surface area contributed by atoms with Gasteiger partial charge in [-0.1, -0.05) is 66.2 Å². The molecule has 0 atom stereocenters. The molecule has 3 aromatic rings. The number of anilines is 2. The van der Waals surface area contributed by atoms with Crippen LogP contribution in [0.15, 0.2) is 90.3 Å². The number of carbonyl (C=O) groups excluding carboxylic acids is 1. The number of benzene rings is 3. The summed E-state index contributed by atoms with van der Waals surface area (Å²) in [5, 5.41) is 2.89. The van der Waals surface area contributed by atoms with Crippen LogP contribution in [0.25, 0.3) is 0 Å². The van der Waals surface area contributed by atoms with Gasteiger partial charge < -0.3 is 10.1 Å². The SMILES string of the molecule is C=CCOc1cccc(NC(=O)CN(c2cccc(Cl)c2Cl)S(=O)(=O)c2ccccc2)c1. The Morgan fingerprint density at radius 2 is 1.75 bits per heavy atom. The molecule has 0 unspecified atom stereocenters. The minimum atomic E-state index is -4.11. The van der Waals surface area contributed by atoms with E-state index in [-0.39, 0.29) is 20.6 Å². The third-order valence-corrected chi connectivity index (χ3v) is 6.89. The lowest BCUT2D eigenvalue weighted by molar-refractivity contribution is -0.114. The maximum Gasteiger partial charge on any atom is 0.264 e. The van der Waals surface area contributed by atoms with Crippen LogP contribution in [0, 0.1) is 0 Å². The van der Waals surface area contributed by atoms with E-state index in [1.165, 1.54) is 24.3 Å². The van der Waals surface area contributed by atoms with Crippen molar-refractivity contribution >= 4 is 50.5 Å². The number of halogens is 2. The summed E-state index contributed by atoms with van der Waals surface area (Å²) in [4.78, 5) is 12.9. The van der Waals surface area contributed by atoms with Crippen molar-refractivity contribution in [3.8, 4) is 5.75 Å². The van der Waals surface area contributed by atoms with E-state index in [1.807, 2.05) is 0 Å². The van der Waals surface area contributed by atoms with Gasteiger partial charge in [-0.25, -0.2) is 8.42 Å². The number of ether oxygens (including phenoxy) is 1. The summed E-state index contributed by atoms with van der Waals surface area (Å²) in [5.41, 5.74) is 0.548. The van der Waals surface area contributed by atoms with Gasteiger partial charge in [-0.2, -0.15) is 0 Å². The number of rotatable bonds is 9. The molecule has 0 fully saturated rings. The van der Waals surface area contributed by atoms with Crippen molar-refractivity contribution in [2.75, 3.05) is 22.8 Å². The fourth-order valence-corrected chi connectivity index (χ4v) is 4.76. The highest BCUT2D eigenvalue weighted by atomic mass is 35.5. The zero-order valence-electron chi connectivity index (χ0n) is 16.9. The number of nitrogens with zero attached hydrogens (tertiary/aromatic N) is 1. The predicted molar refractivity (Wildman–Crippen MR) is 128 cm³/mol. The van der Waals surface area contributed by atoms with Gasteiger partial charge in [0.15, 0.2) is 0 Å². The second-order valence-electron chi connectivity index (χ2n) is 6.57. The Hall–Kier alpha value is -3.00. The largest absolute Gasteiger partial charge is 0.489 e. The van der Waals surface area contributed by atoms with Crippen molar-refractivity contribution in [2.45, 2.75) is 4.90 Å². The third-order valence-electron chi connectivity index (χ3n) is 4.30. The average Bonchev–Trinajstić information content (AvgIpc) is 2.79. The van der Waals surface area contributed by atoms with Crippen molar-refractivity contribution < 1.29 is 17.9 Å². The summed E-state index contributed by atoms with van der Waals surface area (Å²) >= 11 is 12.4. The first-order chi connectivity index (χ1) is 15.3. The Kier molecular flexibility index (Phi) is 7.80. The van der Waals surface area contributed by atoms with E-state index in [2.05, 4.69) is 11.9 Å². The van der Waals surface area contributed by atoms with Gasteiger partial charge in [0.25, 0.3) is 10.0 Å². The molecule has 1 N–H and O–H groups in total. The molecule has 6 nitrogen and oxygen atoms in total. The standard InChI is InChI=1S/C23H20Cl2N2O4S/c1-2-14-31-18-9-6-8-17(15-18)26-22(28)16-27(21-13-7-12-20(24)23(21)25)32(29,30)19-10-4-3-5-11-19/h2-13,15H,1,14,16H2,(H,26,28). The molecule has 0 saturated carbocycles. The van der Waals surface area contributed by atoms with Gasteiger partial charge in [-0.15, -0.1) is 0 Å². The molecule has 0 aliphatic carbocycles.